The molecule has 6 heteroatoms. The molecule has 3 aromatic heterocycles. The SMILES string of the molecule is c1ccc(-c2nc(-c3ccccc3)nc(-c3ccc4c(c3)C3(c5ccccc5Oc5ccccc53)c3ccc(-n5c6ccccc6c6ccc7sc8ccccc8c7c65)cc3-4)n2)cc1. The van der Waals surface area contributed by atoms with Gasteiger partial charge in [0.15, 0.2) is 17.5 Å². The molecule has 0 amide bonds. The van der Waals surface area contributed by atoms with Gasteiger partial charge in [-0.15, -0.1) is 11.3 Å². The van der Waals surface area contributed by atoms with E-state index in [-0.39, 0.29) is 0 Å². The van der Waals surface area contributed by atoms with E-state index in [0.29, 0.717) is 17.5 Å². The van der Waals surface area contributed by atoms with E-state index in [1.165, 1.54) is 58.7 Å². The Balaban J connectivity index is 1.06. The first-order valence-corrected chi connectivity index (χ1v) is 22.4. The molecular formula is C58H34N4OS. The summed E-state index contributed by atoms with van der Waals surface area (Å²) in [5.74, 6) is 3.58. The number of benzene rings is 9. The third-order valence-corrected chi connectivity index (χ3v) is 14.4. The number of hydrogen-bond acceptors (Lipinski definition) is 5. The monoisotopic (exact) mass is 834 g/mol. The van der Waals surface area contributed by atoms with Gasteiger partial charge in [-0.2, -0.15) is 0 Å². The van der Waals surface area contributed by atoms with Crippen molar-refractivity contribution in [2.24, 2.45) is 0 Å². The smallest absolute Gasteiger partial charge is 0.164 e. The maximum Gasteiger partial charge on any atom is 0.164 e. The average Bonchev–Trinajstić information content (AvgIpc) is 4.00. The summed E-state index contributed by atoms with van der Waals surface area (Å²) >= 11 is 1.86. The van der Waals surface area contributed by atoms with Gasteiger partial charge in [0.1, 0.15) is 11.5 Å². The van der Waals surface area contributed by atoms with Crippen LogP contribution in [0.15, 0.2) is 206 Å². The van der Waals surface area contributed by atoms with E-state index in [2.05, 4.69) is 174 Å². The van der Waals surface area contributed by atoms with Crippen molar-refractivity contribution in [3.8, 4) is 62.5 Å². The summed E-state index contributed by atoms with van der Waals surface area (Å²) in [4.78, 5) is 15.4. The topological polar surface area (TPSA) is 52.8 Å². The Hall–Kier alpha value is -8.19. The summed E-state index contributed by atoms with van der Waals surface area (Å²) in [6.45, 7) is 0. The highest BCUT2D eigenvalue weighted by Crippen LogP contribution is 2.62. The van der Waals surface area contributed by atoms with Gasteiger partial charge in [-0.1, -0.05) is 158 Å². The first kappa shape index (κ1) is 35.4. The molecule has 0 saturated heterocycles. The molecule has 4 heterocycles. The van der Waals surface area contributed by atoms with Gasteiger partial charge in [0.2, 0.25) is 0 Å². The maximum atomic E-state index is 6.75. The van der Waals surface area contributed by atoms with E-state index in [0.717, 1.165) is 50.6 Å². The predicted molar refractivity (Wildman–Crippen MR) is 261 cm³/mol. The molecule has 5 nitrogen and oxygen atoms in total. The van der Waals surface area contributed by atoms with Crippen molar-refractivity contribution in [2.75, 3.05) is 0 Å². The van der Waals surface area contributed by atoms with E-state index in [1.807, 2.05) is 47.7 Å². The minimum absolute atomic E-state index is 0.619. The summed E-state index contributed by atoms with van der Waals surface area (Å²) in [6, 6.07) is 73.6. The lowest BCUT2D eigenvalue weighted by molar-refractivity contribution is 0.436. The van der Waals surface area contributed by atoms with Crippen molar-refractivity contribution in [3.05, 3.63) is 229 Å². The fraction of sp³-hybridized carbons (Fsp3) is 0.0172. The van der Waals surface area contributed by atoms with Crippen molar-refractivity contribution in [2.45, 2.75) is 5.41 Å². The molecule has 0 fully saturated rings. The lowest BCUT2D eigenvalue weighted by atomic mass is 9.66. The number of hydrogen-bond donors (Lipinski definition) is 0. The second kappa shape index (κ2) is 13.4. The zero-order valence-corrected chi connectivity index (χ0v) is 35.1. The Morgan fingerprint density at radius 1 is 0.406 bits per heavy atom. The molecule has 2 aliphatic rings. The molecule has 0 radical (unpaired) electrons. The number of aromatic nitrogens is 4. The third-order valence-electron chi connectivity index (χ3n) is 13.3. The molecule has 0 atom stereocenters. The standard InChI is InChI=1S/C58H34N4OS/c1-3-15-35(16-4-1)55-59-56(36-17-5-2-6-18-36)61-57(60-55)37-27-29-39-43-34-38(28-31-44(43)58(47(39)33-37)45-21-9-12-24-49(45)63-50-25-13-10-22-46(50)58)62-48-23-11-7-19-40(48)41-30-32-52-53(54(41)62)42-20-8-14-26-51(42)64-52/h1-34H. The van der Waals surface area contributed by atoms with Crippen molar-refractivity contribution >= 4 is 53.3 Å². The first-order chi connectivity index (χ1) is 31.7. The summed E-state index contributed by atoms with van der Waals surface area (Å²) < 4.78 is 11.8. The summed E-state index contributed by atoms with van der Waals surface area (Å²) in [5.41, 5.74) is 12.6. The molecule has 0 N–H and O–H groups in total. The van der Waals surface area contributed by atoms with Crippen LogP contribution in [0.4, 0.5) is 0 Å². The van der Waals surface area contributed by atoms with Crippen LogP contribution in [0.25, 0.3) is 93.0 Å². The second-order valence-corrected chi connectivity index (χ2v) is 17.7. The van der Waals surface area contributed by atoms with Crippen LogP contribution in [0.5, 0.6) is 11.5 Å². The highest BCUT2D eigenvalue weighted by Gasteiger charge is 2.51. The van der Waals surface area contributed by atoms with E-state index in [4.69, 9.17) is 19.7 Å². The number of thiophene rings is 1. The van der Waals surface area contributed by atoms with Gasteiger partial charge in [0.25, 0.3) is 0 Å². The molecule has 12 aromatic rings. The fourth-order valence-corrected chi connectivity index (χ4v) is 11.7. The largest absolute Gasteiger partial charge is 0.457 e. The van der Waals surface area contributed by atoms with Crippen molar-refractivity contribution in [1.82, 2.24) is 19.5 Å². The van der Waals surface area contributed by atoms with Gasteiger partial charge < -0.3 is 9.30 Å². The first-order valence-electron chi connectivity index (χ1n) is 21.6. The number of fused-ring (bicyclic) bond motifs is 16. The van der Waals surface area contributed by atoms with Crippen LogP contribution >= 0.6 is 11.3 Å². The number of nitrogens with zero attached hydrogens (tertiary/aromatic N) is 4. The molecular weight excluding hydrogens is 801 g/mol. The van der Waals surface area contributed by atoms with Gasteiger partial charge in [0, 0.05) is 64.4 Å². The Labute approximate surface area is 372 Å². The summed E-state index contributed by atoms with van der Waals surface area (Å²) in [5, 5.41) is 5.08. The Kier molecular flexibility index (Phi) is 7.42. The number of para-hydroxylation sites is 3. The van der Waals surface area contributed by atoms with Crippen molar-refractivity contribution in [3.63, 3.8) is 0 Å². The number of ether oxygens (including phenoxy) is 1. The molecule has 0 bridgehead atoms. The summed E-state index contributed by atoms with van der Waals surface area (Å²) in [6.07, 6.45) is 0. The fourth-order valence-electron chi connectivity index (χ4n) is 10.6. The van der Waals surface area contributed by atoms with Gasteiger partial charge in [-0.25, -0.2) is 15.0 Å². The van der Waals surface area contributed by atoms with Gasteiger partial charge in [-0.3, -0.25) is 0 Å². The minimum Gasteiger partial charge on any atom is -0.457 e. The summed E-state index contributed by atoms with van der Waals surface area (Å²) in [7, 11) is 0. The van der Waals surface area contributed by atoms with Gasteiger partial charge in [-0.05, 0) is 70.8 Å². The Morgan fingerprint density at radius 3 is 1.73 bits per heavy atom. The Morgan fingerprint density at radius 2 is 1.02 bits per heavy atom. The lowest BCUT2D eigenvalue weighted by Crippen LogP contribution is -2.32. The molecule has 1 aliphatic carbocycles. The number of rotatable bonds is 4. The van der Waals surface area contributed by atoms with E-state index in [1.54, 1.807) is 0 Å². The third kappa shape index (κ3) is 4.91. The molecule has 1 spiro atoms. The van der Waals surface area contributed by atoms with Crippen molar-refractivity contribution < 1.29 is 4.74 Å². The normalized spacial score (nSPS) is 13.2. The van der Waals surface area contributed by atoms with Crippen LogP contribution in [0, 0.1) is 0 Å². The highest BCUT2D eigenvalue weighted by molar-refractivity contribution is 7.26. The highest BCUT2D eigenvalue weighted by atomic mass is 32.1. The van der Waals surface area contributed by atoms with Gasteiger partial charge in [0.05, 0.1) is 16.4 Å². The van der Waals surface area contributed by atoms with E-state index < -0.39 is 5.41 Å². The van der Waals surface area contributed by atoms with Crippen LogP contribution in [-0.4, -0.2) is 19.5 Å². The predicted octanol–water partition coefficient (Wildman–Crippen LogP) is 14.8. The Bertz CT molecular complexity index is 3790. The molecule has 9 aromatic carbocycles. The zero-order valence-electron chi connectivity index (χ0n) is 34.2. The van der Waals surface area contributed by atoms with Crippen LogP contribution in [0.1, 0.15) is 22.3 Å². The van der Waals surface area contributed by atoms with E-state index in [9.17, 15) is 0 Å². The van der Waals surface area contributed by atoms with Crippen LogP contribution in [0.2, 0.25) is 0 Å². The lowest BCUT2D eigenvalue weighted by Gasteiger charge is -2.39. The molecule has 14 rings (SSSR count). The zero-order chi connectivity index (χ0) is 41.9. The van der Waals surface area contributed by atoms with Crippen LogP contribution < -0.4 is 4.74 Å². The molecule has 64 heavy (non-hydrogen) atoms. The molecule has 1 aliphatic heterocycles. The minimum atomic E-state index is -0.695. The van der Waals surface area contributed by atoms with Crippen LogP contribution in [-0.2, 0) is 5.41 Å². The quantitative estimate of drug-likeness (QED) is 0.177. The molecule has 0 unspecified atom stereocenters. The second-order valence-electron chi connectivity index (χ2n) is 16.7. The average molecular weight is 835 g/mol. The van der Waals surface area contributed by atoms with Crippen LogP contribution in [0.3, 0.4) is 0 Å². The maximum absolute atomic E-state index is 6.75. The van der Waals surface area contributed by atoms with Crippen molar-refractivity contribution in [1.29, 1.82) is 0 Å². The molecule has 0 saturated carbocycles. The van der Waals surface area contributed by atoms with E-state index >= 15 is 0 Å². The van der Waals surface area contributed by atoms with Gasteiger partial charge >= 0.3 is 0 Å². The molecule has 298 valence electrons.